The molecular weight excluding hydrogens is 955 g/mol. The molecule has 372 valence electrons. The lowest BCUT2D eigenvalue weighted by Gasteiger charge is -2.15. The molecule has 18 heteroatoms. The van der Waals surface area contributed by atoms with Crippen LogP contribution in [0, 0.1) is 29.2 Å². The first-order valence-corrected chi connectivity index (χ1v) is 23.4. The topological polar surface area (TPSA) is 233 Å². The second kappa shape index (κ2) is 26.2. The van der Waals surface area contributed by atoms with Crippen molar-refractivity contribution in [1.82, 2.24) is 0 Å². The number of ether oxygens (including phenoxy) is 6. The van der Waals surface area contributed by atoms with E-state index < -0.39 is 17.9 Å². The van der Waals surface area contributed by atoms with Crippen molar-refractivity contribution in [3.63, 3.8) is 0 Å². The van der Waals surface area contributed by atoms with Gasteiger partial charge in [0.2, 0.25) is 0 Å². The van der Waals surface area contributed by atoms with Crippen LogP contribution in [0.5, 0.6) is 34.5 Å². The van der Waals surface area contributed by atoms with Crippen molar-refractivity contribution in [2.45, 2.75) is 40.0 Å². The van der Waals surface area contributed by atoms with Crippen LogP contribution in [0.25, 0.3) is 4.85 Å². The van der Waals surface area contributed by atoms with Crippen LogP contribution in [0.4, 0.5) is 39.8 Å². The summed E-state index contributed by atoms with van der Waals surface area (Å²) in [6.07, 6.45) is 1.88. The highest BCUT2D eigenvalue weighted by molar-refractivity contribution is 5.97. The minimum Gasteiger partial charge on any atom is -0.493 e. The Morgan fingerprint density at radius 3 is 0.987 bits per heavy atom. The van der Waals surface area contributed by atoms with Crippen molar-refractivity contribution < 1.29 is 42.8 Å². The van der Waals surface area contributed by atoms with Gasteiger partial charge in [-0.3, -0.25) is 0 Å². The van der Waals surface area contributed by atoms with Gasteiger partial charge in [0.25, 0.3) is 0 Å². The predicted molar refractivity (Wildman–Crippen MR) is 276 cm³/mol. The number of hydrogen-bond acceptors (Lipinski definition) is 17. The second-order valence-corrected chi connectivity index (χ2v) is 15.9. The molecule has 0 atom stereocenters. The summed E-state index contributed by atoms with van der Waals surface area (Å²) in [6, 6.07) is 41.1. The summed E-state index contributed by atoms with van der Waals surface area (Å²) in [6.45, 7) is 13.7. The number of rotatable bonds is 21. The number of azo groups is 3. The van der Waals surface area contributed by atoms with Gasteiger partial charge >= 0.3 is 17.9 Å². The molecular formula is C57H45N9O9. The van der Waals surface area contributed by atoms with Gasteiger partial charge in [0.05, 0.1) is 83.8 Å². The van der Waals surface area contributed by atoms with Crippen LogP contribution in [0.1, 0.15) is 82.2 Å². The lowest BCUT2D eigenvalue weighted by Crippen LogP contribution is -2.14. The van der Waals surface area contributed by atoms with Gasteiger partial charge in [0.15, 0.2) is 5.69 Å². The van der Waals surface area contributed by atoms with E-state index in [0.717, 1.165) is 0 Å². The second-order valence-electron chi connectivity index (χ2n) is 15.9. The Morgan fingerprint density at radius 1 is 0.427 bits per heavy atom. The molecule has 7 rings (SSSR count). The predicted octanol–water partition coefficient (Wildman–Crippen LogP) is 15.3. The van der Waals surface area contributed by atoms with Crippen molar-refractivity contribution in [2.24, 2.45) is 30.7 Å². The van der Waals surface area contributed by atoms with Gasteiger partial charge in [-0.15, -0.1) is 0 Å². The molecule has 0 radical (unpaired) electrons. The van der Waals surface area contributed by atoms with Crippen molar-refractivity contribution >= 4 is 57.7 Å². The van der Waals surface area contributed by atoms with Gasteiger partial charge < -0.3 is 28.4 Å². The zero-order chi connectivity index (χ0) is 52.9. The number of benzene rings is 7. The van der Waals surface area contributed by atoms with Crippen molar-refractivity contribution in [3.05, 3.63) is 185 Å². The molecule has 0 saturated heterocycles. The maximum Gasteiger partial charge on any atom is 0.347 e. The van der Waals surface area contributed by atoms with E-state index in [1.165, 1.54) is 36.4 Å². The Labute approximate surface area is 431 Å². The molecule has 0 unspecified atom stereocenters. The lowest BCUT2D eigenvalue weighted by atomic mass is 10.1. The molecule has 0 aliphatic rings. The molecule has 0 aromatic heterocycles. The molecule has 7 aromatic rings. The van der Waals surface area contributed by atoms with Crippen molar-refractivity contribution in [3.8, 4) is 46.6 Å². The Balaban J connectivity index is 1.24. The van der Waals surface area contributed by atoms with Crippen LogP contribution in [-0.4, -0.2) is 37.7 Å². The van der Waals surface area contributed by atoms with Crippen molar-refractivity contribution in [2.75, 3.05) is 19.8 Å². The number of nitrogens with zero attached hydrogens (tertiary/aromatic N) is 9. The SMILES string of the molecule is [C-]#[N+]c1ccc(N=Nc2ccc(OCCC)c(C(=O)Oc3cc(OC(=O)c4cc(N=Nc5ccc(C#N)cc5)ccc4OCCC)cc(OC(=O)c4cc(N=Nc5ccc(C#N)cc5)ccc4OCCC)c3)c2)cc1. The van der Waals surface area contributed by atoms with Gasteiger partial charge in [0, 0.05) is 18.2 Å². The van der Waals surface area contributed by atoms with E-state index in [0.29, 0.717) is 53.1 Å². The fourth-order valence-electron chi connectivity index (χ4n) is 6.59. The molecule has 7 aromatic carbocycles. The minimum atomic E-state index is -0.912. The fourth-order valence-corrected chi connectivity index (χ4v) is 6.59. The van der Waals surface area contributed by atoms with Gasteiger partial charge in [-0.1, -0.05) is 32.9 Å². The molecule has 18 nitrogen and oxygen atoms in total. The number of esters is 3. The van der Waals surface area contributed by atoms with E-state index in [2.05, 4.69) is 47.7 Å². The third-order valence-corrected chi connectivity index (χ3v) is 10.2. The largest absolute Gasteiger partial charge is 0.493 e. The third kappa shape index (κ3) is 14.8. The molecule has 0 aliphatic carbocycles. The summed E-state index contributed by atoms with van der Waals surface area (Å²) in [5.41, 5.74) is 3.46. The molecule has 0 bridgehead atoms. The summed E-state index contributed by atoms with van der Waals surface area (Å²) in [4.78, 5) is 46.1. The lowest BCUT2D eigenvalue weighted by molar-refractivity contribution is 0.0726. The average Bonchev–Trinajstić information content (AvgIpc) is 3.44. The van der Waals surface area contributed by atoms with E-state index in [1.807, 2.05) is 20.8 Å². The van der Waals surface area contributed by atoms with E-state index in [4.69, 9.17) is 35.0 Å². The Bertz CT molecular complexity index is 3040. The van der Waals surface area contributed by atoms with E-state index in [9.17, 15) is 24.9 Å². The molecule has 0 N–H and O–H groups in total. The normalized spacial score (nSPS) is 10.9. The summed E-state index contributed by atoms with van der Waals surface area (Å²) in [5.74, 6) is -2.81. The van der Waals surface area contributed by atoms with Gasteiger partial charge in [-0.05, 0) is 135 Å². The minimum absolute atomic E-state index is 0.0291. The van der Waals surface area contributed by atoms with E-state index in [1.54, 1.807) is 109 Å². The summed E-state index contributed by atoms with van der Waals surface area (Å²) in [7, 11) is 0. The number of carbonyl (C=O) groups is 3. The Hall–Kier alpha value is -10.4. The molecule has 0 saturated carbocycles. The van der Waals surface area contributed by atoms with Gasteiger partial charge in [-0.2, -0.15) is 41.2 Å². The zero-order valence-corrected chi connectivity index (χ0v) is 40.8. The highest BCUT2D eigenvalue weighted by Crippen LogP contribution is 2.35. The highest BCUT2D eigenvalue weighted by atomic mass is 16.6. The first-order chi connectivity index (χ1) is 36.6. The smallest absolute Gasteiger partial charge is 0.347 e. The number of nitriles is 2. The molecule has 0 aliphatic heterocycles. The monoisotopic (exact) mass is 999 g/mol. The van der Waals surface area contributed by atoms with Crippen LogP contribution < -0.4 is 28.4 Å². The van der Waals surface area contributed by atoms with Gasteiger partial charge in [-0.25, -0.2) is 19.2 Å². The van der Waals surface area contributed by atoms with Crippen LogP contribution in [0.3, 0.4) is 0 Å². The zero-order valence-electron chi connectivity index (χ0n) is 40.8. The third-order valence-electron chi connectivity index (χ3n) is 10.2. The number of carbonyl (C=O) groups excluding carboxylic acids is 3. The van der Waals surface area contributed by atoms with Crippen molar-refractivity contribution in [1.29, 1.82) is 10.5 Å². The first kappa shape index (κ1) is 52.4. The van der Waals surface area contributed by atoms with Crippen LogP contribution in [-0.2, 0) is 0 Å². The molecule has 75 heavy (non-hydrogen) atoms. The van der Waals surface area contributed by atoms with Crippen LogP contribution >= 0.6 is 0 Å². The summed E-state index contributed by atoms with van der Waals surface area (Å²) in [5, 5.41) is 43.9. The highest BCUT2D eigenvalue weighted by Gasteiger charge is 2.23. The maximum absolute atomic E-state index is 14.2. The van der Waals surface area contributed by atoms with Gasteiger partial charge in [0.1, 0.15) is 51.2 Å². The standard InChI is InChI=1S/C57H45N9O9/c1-5-26-70-52-23-20-43(64-61-40-12-8-37(35-58)9-13-40)29-49(52)55(67)73-46-32-47(74-56(68)50-30-44(21-24-53(50)71-27-6-2)65-62-41-14-10-38(36-59)11-15-41)34-48(33-46)75-57(69)51-31-45(22-25-54(51)72-28-7-3)66-63-42-18-16-39(60-4)17-19-42/h8-25,29-34H,5-7,26-28H2,1-3H3. The average molecular weight is 1000 g/mol. The fraction of sp³-hybridized carbons (Fsp3) is 0.158. The molecule has 0 amide bonds. The van der Waals surface area contributed by atoms with E-state index >= 15 is 0 Å². The number of hydrogen-bond donors (Lipinski definition) is 0. The summed E-state index contributed by atoms with van der Waals surface area (Å²) >= 11 is 0. The van der Waals surface area contributed by atoms with Crippen LogP contribution in [0.15, 0.2) is 176 Å². The first-order valence-electron chi connectivity index (χ1n) is 23.4. The quantitative estimate of drug-likeness (QED) is 0.0284. The summed E-state index contributed by atoms with van der Waals surface area (Å²) < 4.78 is 35.6. The Morgan fingerprint density at radius 2 is 0.707 bits per heavy atom. The van der Waals surface area contributed by atoms with E-state index in [-0.39, 0.29) is 88.1 Å². The maximum atomic E-state index is 14.2. The molecule has 0 fully saturated rings. The molecule has 0 heterocycles. The Kier molecular flexibility index (Phi) is 18.3. The molecule has 0 spiro atoms. The van der Waals surface area contributed by atoms with Crippen LogP contribution in [0.2, 0.25) is 0 Å².